The summed E-state index contributed by atoms with van der Waals surface area (Å²) < 4.78 is 43.0. The van der Waals surface area contributed by atoms with Gasteiger partial charge in [0.25, 0.3) is 0 Å². The third-order valence-electron chi connectivity index (χ3n) is 5.29. The fraction of sp³-hybridized carbons (Fsp3) is 0.650. The number of benzene rings is 1. The summed E-state index contributed by atoms with van der Waals surface area (Å²) in [4.78, 5) is 11.6. The maximum atomic E-state index is 10.6. The van der Waals surface area contributed by atoms with E-state index in [1.165, 1.54) is 24.9 Å². The normalized spacial score (nSPS) is 24.3. The first-order valence-electron chi connectivity index (χ1n) is 9.50. The van der Waals surface area contributed by atoms with Gasteiger partial charge in [-0.1, -0.05) is 30.3 Å². The minimum atomic E-state index is -5.08. The number of carboxylic acid groups (broad SMARTS) is 1. The van der Waals surface area contributed by atoms with Gasteiger partial charge in [-0.05, 0) is 31.2 Å². The van der Waals surface area contributed by atoms with Crippen LogP contribution >= 0.6 is 0 Å². The highest BCUT2D eigenvalue weighted by Crippen LogP contribution is 2.27. The molecule has 2 atom stereocenters. The smallest absolute Gasteiger partial charge is 0.475 e. The van der Waals surface area contributed by atoms with Crippen LogP contribution in [0.4, 0.5) is 13.2 Å². The van der Waals surface area contributed by atoms with E-state index in [2.05, 4.69) is 35.2 Å². The highest BCUT2D eigenvalue weighted by Gasteiger charge is 2.38. The zero-order valence-electron chi connectivity index (χ0n) is 16.0. The van der Waals surface area contributed by atoms with E-state index in [9.17, 15) is 13.2 Å². The molecule has 0 bridgehead atoms. The molecule has 2 aliphatic heterocycles. The van der Waals surface area contributed by atoms with Crippen molar-refractivity contribution in [2.75, 3.05) is 33.4 Å². The molecular formula is C20H28F3NO4. The second-order valence-corrected chi connectivity index (χ2v) is 7.15. The Morgan fingerprint density at radius 1 is 1.21 bits per heavy atom. The van der Waals surface area contributed by atoms with Crippen molar-refractivity contribution in [3.63, 3.8) is 0 Å². The first-order valence-corrected chi connectivity index (χ1v) is 9.50. The minimum Gasteiger partial charge on any atom is -0.475 e. The third-order valence-corrected chi connectivity index (χ3v) is 5.29. The Morgan fingerprint density at radius 3 is 2.36 bits per heavy atom. The number of rotatable bonds is 4. The maximum Gasteiger partial charge on any atom is 0.490 e. The van der Waals surface area contributed by atoms with Crippen LogP contribution in [0.2, 0.25) is 0 Å². The number of carbonyl (C=O) groups is 1. The zero-order chi connectivity index (χ0) is 20.6. The number of alkyl halides is 3. The molecule has 8 heteroatoms. The van der Waals surface area contributed by atoms with E-state index in [-0.39, 0.29) is 0 Å². The Balaban J connectivity index is 0.000000345. The molecule has 0 amide bonds. The summed E-state index contributed by atoms with van der Waals surface area (Å²) >= 11 is 0. The number of likely N-dealkylation sites (tertiary alicyclic amines) is 1. The van der Waals surface area contributed by atoms with Gasteiger partial charge in [-0.25, -0.2) is 4.79 Å². The molecule has 1 aromatic rings. The van der Waals surface area contributed by atoms with Gasteiger partial charge in [0, 0.05) is 45.4 Å². The summed E-state index contributed by atoms with van der Waals surface area (Å²) in [5.41, 5.74) is 1.43. The summed E-state index contributed by atoms with van der Waals surface area (Å²) in [6.07, 6.45) is -0.0168. The first-order chi connectivity index (χ1) is 13.3. The summed E-state index contributed by atoms with van der Waals surface area (Å²) in [5.74, 6) is -2.15. The highest BCUT2D eigenvalue weighted by atomic mass is 19.4. The molecular weight excluding hydrogens is 375 g/mol. The van der Waals surface area contributed by atoms with Crippen molar-refractivity contribution in [2.45, 2.75) is 44.0 Å². The second kappa shape index (κ2) is 10.8. The number of piperidine rings is 1. The topological polar surface area (TPSA) is 59.0 Å². The lowest BCUT2D eigenvalue weighted by Gasteiger charge is -2.43. The van der Waals surface area contributed by atoms with Gasteiger partial charge in [0.2, 0.25) is 0 Å². The first kappa shape index (κ1) is 22.6. The summed E-state index contributed by atoms with van der Waals surface area (Å²) in [5, 5.41) is 7.12. The molecule has 0 saturated carbocycles. The van der Waals surface area contributed by atoms with Crippen LogP contribution in [0.25, 0.3) is 0 Å². The zero-order valence-corrected chi connectivity index (χ0v) is 16.0. The number of hydrogen-bond donors (Lipinski definition) is 1. The van der Waals surface area contributed by atoms with Gasteiger partial charge in [-0.3, -0.25) is 4.90 Å². The molecule has 0 unspecified atom stereocenters. The van der Waals surface area contributed by atoms with Gasteiger partial charge in [-0.15, -0.1) is 0 Å². The fourth-order valence-electron chi connectivity index (χ4n) is 3.84. The van der Waals surface area contributed by atoms with Crippen LogP contribution < -0.4 is 0 Å². The molecule has 5 nitrogen and oxygen atoms in total. The van der Waals surface area contributed by atoms with Crippen molar-refractivity contribution in [2.24, 2.45) is 5.92 Å². The number of nitrogens with zero attached hydrogens (tertiary/aromatic N) is 1. The number of aliphatic carboxylic acids is 1. The molecule has 2 fully saturated rings. The van der Waals surface area contributed by atoms with Gasteiger partial charge in [0.15, 0.2) is 0 Å². The average Bonchev–Trinajstić information content (AvgIpc) is 2.69. The Morgan fingerprint density at radius 2 is 1.82 bits per heavy atom. The van der Waals surface area contributed by atoms with Crippen LogP contribution in [-0.4, -0.2) is 67.7 Å². The van der Waals surface area contributed by atoms with Crippen molar-refractivity contribution in [1.29, 1.82) is 0 Å². The Kier molecular flexibility index (Phi) is 8.72. The van der Waals surface area contributed by atoms with Crippen molar-refractivity contribution in [3.8, 4) is 0 Å². The van der Waals surface area contributed by atoms with E-state index in [1.54, 1.807) is 0 Å². The highest BCUT2D eigenvalue weighted by molar-refractivity contribution is 5.73. The molecule has 0 aromatic heterocycles. The summed E-state index contributed by atoms with van der Waals surface area (Å²) in [7, 11) is 1.87. The van der Waals surface area contributed by atoms with E-state index in [0.29, 0.717) is 12.0 Å². The largest absolute Gasteiger partial charge is 0.490 e. The van der Waals surface area contributed by atoms with E-state index >= 15 is 0 Å². The van der Waals surface area contributed by atoms with E-state index in [4.69, 9.17) is 19.4 Å². The second-order valence-electron chi connectivity index (χ2n) is 7.15. The third kappa shape index (κ3) is 7.07. The van der Waals surface area contributed by atoms with Crippen LogP contribution in [0, 0.1) is 5.92 Å². The standard InChI is InChI=1S/C18H27NO2.C2HF3O2/c1-20-18-7-10-19(17-8-11-21-12-9-17)14-16(18)13-15-5-3-2-4-6-15;3-2(4,5)1(6)7/h2-6,16-18H,7-14H2,1H3;(H,6,7)/t16-,18+;/m0./s1. The SMILES string of the molecule is CO[C@@H]1CCN(C2CCOCC2)C[C@@H]1Cc1ccccc1.O=C(O)C(F)(F)F. The van der Waals surface area contributed by atoms with E-state index in [1.807, 2.05) is 7.11 Å². The molecule has 0 aliphatic carbocycles. The molecule has 2 saturated heterocycles. The maximum absolute atomic E-state index is 10.6. The minimum absolute atomic E-state index is 0.404. The predicted octanol–water partition coefficient (Wildman–Crippen LogP) is 3.38. The van der Waals surface area contributed by atoms with Crippen molar-refractivity contribution in [1.82, 2.24) is 4.90 Å². The van der Waals surface area contributed by atoms with Gasteiger partial charge in [0.05, 0.1) is 6.10 Å². The molecule has 2 aliphatic rings. The molecule has 1 N–H and O–H groups in total. The molecule has 3 rings (SSSR count). The monoisotopic (exact) mass is 403 g/mol. The Labute approximate surface area is 163 Å². The molecule has 28 heavy (non-hydrogen) atoms. The van der Waals surface area contributed by atoms with E-state index in [0.717, 1.165) is 38.6 Å². The summed E-state index contributed by atoms with van der Waals surface area (Å²) in [6, 6.07) is 11.5. The van der Waals surface area contributed by atoms with Crippen LogP contribution in [0.15, 0.2) is 30.3 Å². The van der Waals surface area contributed by atoms with Crippen LogP contribution in [0.5, 0.6) is 0 Å². The molecule has 0 spiro atoms. The average molecular weight is 403 g/mol. The number of hydrogen-bond acceptors (Lipinski definition) is 4. The number of methoxy groups -OCH3 is 1. The number of carboxylic acids is 1. The Hall–Kier alpha value is -1.64. The molecule has 158 valence electrons. The summed E-state index contributed by atoms with van der Waals surface area (Å²) in [6.45, 7) is 4.20. The Bertz CT molecular complexity index is 591. The molecule has 0 radical (unpaired) electrons. The van der Waals surface area contributed by atoms with Crippen molar-refractivity contribution in [3.05, 3.63) is 35.9 Å². The predicted molar refractivity (Wildman–Crippen MR) is 98.2 cm³/mol. The number of ether oxygens (including phenoxy) is 2. The van der Waals surface area contributed by atoms with Gasteiger partial charge < -0.3 is 14.6 Å². The van der Waals surface area contributed by atoms with Crippen molar-refractivity contribution < 1.29 is 32.5 Å². The fourth-order valence-corrected chi connectivity index (χ4v) is 3.84. The molecule has 2 heterocycles. The lowest BCUT2D eigenvalue weighted by molar-refractivity contribution is -0.192. The lowest BCUT2D eigenvalue weighted by Crippen LogP contribution is -2.50. The molecule has 1 aromatic carbocycles. The number of halogens is 3. The van der Waals surface area contributed by atoms with Crippen molar-refractivity contribution >= 4 is 5.97 Å². The quantitative estimate of drug-likeness (QED) is 0.835. The van der Waals surface area contributed by atoms with Gasteiger partial charge in [0.1, 0.15) is 0 Å². The van der Waals surface area contributed by atoms with E-state index < -0.39 is 12.1 Å². The van der Waals surface area contributed by atoms with Gasteiger partial charge in [-0.2, -0.15) is 13.2 Å². The van der Waals surface area contributed by atoms with Crippen LogP contribution in [0.3, 0.4) is 0 Å². The van der Waals surface area contributed by atoms with Crippen LogP contribution in [-0.2, 0) is 20.7 Å². The van der Waals surface area contributed by atoms with Gasteiger partial charge >= 0.3 is 12.1 Å². The van der Waals surface area contributed by atoms with Crippen LogP contribution in [0.1, 0.15) is 24.8 Å². The lowest BCUT2D eigenvalue weighted by atomic mass is 9.87.